The van der Waals surface area contributed by atoms with Crippen molar-refractivity contribution in [3.8, 4) is 0 Å². The Morgan fingerprint density at radius 2 is 2.50 bits per heavy atom. The summed E-state index contributed by atoms with van der Waals surface area (Å²) in [6, 6.07) is 1.38. The number of aliphatic hydroxyl groups excluding tert-OH is 1. The van der Waals surface area contributed by atoms with Gasteiger partial charge in [0.05, 0.1) is 12.8 Å². The van der Waals surface area contributed by atoms with Crippen molar-refractivity contribution in [1.29, 1.82) is 0 Å². The van der Waals surface area contributed by atoms with E-state index in [2.05, 4.69) is 10.1 Å². The molecule has 2 aromatic rings. The third-order valence-corrected chi connectivity index (χ3v) is 1.65. The summed E-state index contributed by atoms with van der Waals surface area (Å²) in [6.07, 6.45) is 3.07. The van der Waals surface area contributed by atoms with Crippen LogP contribution in [-0.4, -0.2) is 19.7 Å². The second-order valence-corrected chi connectivity index (χ2v) is 2.43. The van der Waals surface area contributed by atoms with Crippen LogP contribution in [0.1, 0.15) is 5.56 Å². The van der Waals surface area contributed by atoms with Crippen molar-refractivity contribution in [3.63, 3.8) is 0 Å². The van der Waals surface area contributed by atoms with Crippen LogP contribution in [0.4, 0.5) is 0 Å². The Bertz CT molecular complexity index is 457. The Morgan fingerprint density at radius 1 is 1.67 bits per heavy atom. The van der Waals surface area contributed by atoms with Gasteiger partial charge in [-0.05, 0) is 0 Å². The van der Waals surface area contributed by atoms with Crippen LogP contribution in [0, 0.1) is 0 Å². The average Bonchev–Trinajstić information content (AvgIpc) is 2.46. The minimum absolute atomic E-state index is 0.122. The number of hydrogen-bond acceptors (Lipinski definition) is 3. The van der Waals surface area contributed by atoms with Crippen molar-refractivity contribution >= 4 is 5.65 Å². The monoisotopic (exact) mass is 165 g/mol. The molecule has 0 amide bonds. The molecule has 62 valence electrons. The summed E-state index contributed by atoms with van der Waals surface area (Å²) >= 11 is 0. The largest absolute Gasteiger partial charge is 0.391 e. The number of aromatic amines is 1. The third kappa shape index (κ3) is 0.911. The lowest BCUT2D eigenvalue weighted by Crippen LogP contribution is -2.06. The van der Waals surface area contributed by atoms with Crippen LogP contribution in [0.15, 0.2) is 23.3 Å². The van der Waals surface area contributed by atoms with Crippen molar-refractivity contribution in [2.75, 3.05) is 0 Å². The summed E-state index contributed by atoms with van der Waals surface area (Å²) in [5, 5.41) is 12.8. The van der Waals surface area contributed by atoms with Gasteiger partial charge in [-0.25, -0.2) is 4.52 Å². The van der Waals surface area contributed by atoms with Crippen LogP contribution in [-0.2, 0) is 6.61 Å². The maximum absolute atomic E-state index is 10.9. The summed E-state index contributed by atoms with van der Waals surface area (Å²) in [4.78, 5) is 13.4. The minimum Gasteiger partial charge on any atom is -0.391 e. The van der Waals surface area contributed by atoms with E-state index in [0.29, 0.717) is 11.2 Å². The number of fused-ring (bicyclic) bond motifs is 1. The molecule has 2 rings (SSSR count). The number of aromatic nitrogens is 3. The maximum Gasteiger partial charge on any atom is 0.251 e. The van der Waals surface area contributed by atoms with E-state index in [1.54, 1.807) is 6.20 Å². The van der Waals surface area contributed by atoms with Crippen LogP contribution in [0.3, 0.4) is 0 Å². The number of H-pyrrole nitrogens is 1. The molecule has 0 aliphatic rings. The summed E-state index contributed by atoms with van der Waals surface area (Å²) in [6.45, 7) is -0.122. The van der Waals surface area contributed by atoms with Gasteiger partial charge < -0.3 is 10.1 Å². The van der Waals surface area contributed by atoms with Crippen LogP contribution >= 0.6 is 0 Å². The molecule has 0 unspecified atom stereocenters. The van der Waals surface area contributed by atoms with Crippen LogP contribution in [0.5, 0.6) is 0 Å². The van der Waals surface area contributed by atoms with E-state index in [0.717, 1.165) is 0 Å². The van der Waals surface area contributed by atoms with Gasteiger partial charge in [-0.3, -0.25) is 4.79 Å². The fourth-order valence-corrected chi connectivity index (χ4v) is 1.06. The number of nitrogens with one attached hydrogen (secondary N) is 1. The highest BCUT2D eigenvalue weighted by Gasteiger charge is 2.01. The highest BCUT2D eigenvalue weighted by Crippen LogP contribution is 2.03. The molecule has 5 heteroatoms. The van der Waals surface area contributed by atoms with Gasteiger partial charge in [0.1, 0.15) is 5.65 Å². The summed E-state index contributed by atoms with van der Waals surface area (Å²) in [5.74, 6) is 0. The number of nitrogens with zero attached hydrogens (tertiary/aromatic N) is 2. The molecule has 0 fully saturated rings. The number of aliphatic hydroxyl groups is 1. The third-order valence-electron chi connectivity index (χ3n) is 1.65. The van der Waals surface area contributed by atoms with Gasteiger partial charge in [-0.2, -0.15) is 5.10 Å². The Morgan fingerprint density at radius 3 is 3.25 bits per heavy atom. The van der Waals surface area contributed by atoms with Gasteiger partial charge in [0.25, 0.3) is 5.56 Å². The lowest BCUT2D eigenvalue weighted by molar-refractivity contribution is 0.283. The topological polar surface area (TPSA) is 70.4 Å². The van der Waals surface area contributed by atoms with E-state index in [1.165, 1.54) is 16.8 Å². The first-order valence-corrected chi connectivity index (χ1v) is 3.47. The predicted octanol–water partition coefficient (Wildman–Crippen LogP) is -0.485. The van der Waals surface area contributed by atoms with Crippen molar-refractivity contribution < 1.29 is 5.11 Å². The van der Waals surface area contributed by atoms with Gasteiger partial charge in [-0.1, -0.05) is 0 Å². The van der Waals surface area contributed by atoms with Gasteiger partial charge in [-0.15, -0.1) is 0 Å². The van der Waals surface area contributed by atoms with Gasteiger partial charge >= 0.3 is 0 Å². The first-order chi connectivity index (χ1) is 5.81. The van der Waals surface area contributed by atoms with E-state index in [1.807, 2.05) is 0 Å². The van der Waals surface area contributed by atoms with Gasteiger partial charge in [0, 0.05) is 17.8 Å². The molecular weight excluding hydrogens is 158 g/mol. The number of rotatable bonds is 1. The van der Waals surface area contributed by atoms with E-state index in [4.69, 9.17) is 5.11 Å². The molecule has 0 radical (unpaired) electrons. The molecule has 2 heterocycles. The standard InChI is InChI=1S/C7H7N3O2/c11-4-5-3-8-10-2-1-6(12)9-7(5)10/h1-3,11H,4H2,(H,9,12). The smallest absolute Gasteiger partial charge is 0.251 e. The van der Waals surface area contributed by atoms with Crippen molar-refractivity contribution in [3.05, 3.63) is 34.4 Å². The normalized spacial score (nSPS) is 10.8. The Hall–Kier alpha value is -1.62. The van der Waals surface area contributed by atoms with Gasteiger partial charge in [0.2, 0.25) is 0 Å². The fourth-order valence-electron chi connectivity index (χ4n) is 1.06. The Labute approximate surface area is 67.3 Å². The highest BCUT2D eigenvalue weighted by molar-refractivity contribution is 5.44. The maximum atomic E-state index is 10.9. The molecule has 0 bridgehead atoms. The molecule has 0 saturated carbocycles. The number of hydrogen-bond donors (Lipinski definition) is 2. The quantitative estimate of drug-likeness (QED) is 0.599. The predicted molar refractivity (Wildman–Crippen MR) is 41.7 cm³/mol. The first-order valence-electron chi connectivity index (χ1n) is 3.47. The summed E-state index contributed by atoms with van der Waals surface area (Å²) in [7, 11) is 0. The zero-order valence-corrected chi connectivity index (χ0v) is 6.19. The van der Waals surface area contributed by atoms with Crippen molar-refractivity contribution in [2.24, 2.45) is 0 Å². The molecular formula is C7H7N3O2. The fraction of sp³-hybridized carbons (Fsp3) is 0.143. The molecule has 12 heavy (non-hydrogen) atoms. The van der Waals surface area contributed by atoms with Crippen LogP contribution in [0.2, 0.25) is 0 Å². The SMILES string of the molecule is O=c1ccn2ncc(CO)c2[nH]1. The van der Waals surface area contributed by atoms with E-state index in [9.17, 15) is 4.79 Å². The van der Waals surface area contributed by atoms with Crippen LogP contribution in [0.25, 0.3) is 5.65 Å². The lowest BCUT2D eigenvalue weighted by atomic mass is 10.4. The molecule has 5 nitrogen and oxygen atoms in total. The molecule has 0 spiro atoms. The van der Waals surface area contributed by atoms with Crippen LogP contribution < -0.4 is 5.56 Å². The molecule has 2 aromatic heterocycles. The highest BCUT2D eigenvalue weighted by atomic mass is 16.3. The van der Waals surface area contributed by atoms with E-state index in [-0.39, 0.29) is 12.2 Å². The average molecular weight is 165 g/mol. The molecule has 0 aromatic carbocycles. The Kier molecular flexibility index (Phi) is 1.44. The first kappa shape index (κ1) is 7.05. The lowest BCUT2D eigenvalue weighted by Gasteiger charge is -1.92. The van der Waals surface area contributed by atoms with Gasteiger partial charge in [0.15, 0.2) is 0 Å². The second kappa shape index (κ2) is 2.46. The van der Waals surface area contributed by atoms with E-state index < -0.39 is 0 Å². The van der Waals surface area contributed by atoms with Crippen molar-refractivity contribution in [1.82, 2.24) is 14.6 Å². The molecule has 2 N–H and O–H groups in total. The zero-order chi connectivity index (χ0) is 8.55. The minimum atomic E-state index is -0.197. The van der Waals surface area contributed by atoms with Crippen molar-refractivity contribution in [2.45, 2.75) is 6.61 Å². The molecule has 0 aliphatic heterocycles. The molecule has 0 atom stereocenters. The summed E-state index contributed by atoms with van der Waals surface area (Å²) < 4.78 is 1.51. The van der Waals surface area contributed by atoms with E-state index >= 15 is 0 Å². The second-order valence-electron chi connectivity index (χ2n) is 2.43. The zero-order valence-electron chi connectivity index (χ0n) is 6.19. The molecule has 0 saturated heterocycles. The molecule has 0 aliphatic carbocycles. The summed E-state index contributed by atoms with van der Waals surface area (Å²) in [5.41, 5.74) is 0.968. The Balaban J connectivity index is 2.84.